The van der Waals surface area contributed by atoms with E-state index in [1.807, 2.05) is 19.9 Å². The van der Waals surface area contributed by atoms with Gasteiger partial charge in [0, 0.05) is 17.5 Å². The molecule has 32 heavy (non-hydrogen) atoms. The number of hydrogen-bond acceptors (Lipinski definition) is 6. The normalized spacial score (nSPS) is 11.1. The summed E-state index contributed by atoms with van der Waals surface area (Å²) in [5.41, 5.74) is 8.22. The van der Waals surface area contributed by atoms with Gasteiger partial charge in [0.1, 0.15) is 18.1 Å². The van der Waals surface area contributed by atoms with Gasteiger partial charge in [0.05, 0.1) is 33.8 Å². The molecule has 0 fully saturated rings. The van der Waals surface area contributed by atoms with Gasteiger partial charge < -0.3 is 15.6 Å². The van der Waals surface area contributed by atoms with E-state index in [1.165, 1.54) is 18.2 Å². The van der Waals surface area contributed by atoms with Crippen molar-refractivity contribution in [3.63, 3.8) is 0 Å². The number of hydrogen-bond donors (Lipinski definition) is 2. The first-order valence-electron chi connectivity index (χ1n) is 9.96. The van der Waals surface area contributed by atoms with E-state index in [0.29, 0.717) is 34.8 Å². The van der Waals surface area contributed by atoms with Gasteiger partial charge in [-0.2, -0.15) is 5.10 Å². The summed E-state index contributed by atoms with van der Waals surface area (Å²) in [5.74, 6) is -1.20. The maximum atomic E-state index is 13.7. The Morgan fingerprint density at radius 3 is 2.69 bits per heavy atom. The van der Waals surface area contributed by atoms with Crippen LogP contribution < -0.4 is 11.1 Å². The number of fused-ring (bicyclic) bond motifs is 1. The molecule has 9 nitrogen and oxygen atoms in total. The monoisotopic (exact) mass is 436 g/mol. The summed E-state index contributed by atoms with van der Waals surface area (Å²) >= 11 is 0. The van der Waals surface area contributed by atoms with Crippen LogP contribution >= 0.6 is 0 Å². The summed E-state index contributed by atoms with van der Waals surface area (Å²) in [7, 11) is 0. The fraction of sp³-hybridized carbons (Fsp3) is 0.227. The van der Waals surface area contributed by atoms with Crippen molar-refractivity contribution in [1.29, 1.82) is 0 Å². The molecule has 3 N–H and O–H groups in total. The van der Waals surface area contributed by atoms with Gasteiger partial charge in [-0.15, -0.1) is 0 Å². The Balaban J connectivity index is 1.68. The molecular formula is C22H21FN6O3. The molecule has 3 heterocycles. The van der Waals surface area contributed by atoms with Crippen LogP contribution in [0.25, 0.3) is 10.9 Å². The molecule has 164 valence electrons. The smallest absolute Gasteiger partial charge is 0.267 e. The van der Waals surface area contributed by atoms with Crippen molar-refractivity contribution < 1.29 is 18.5 Å². The van der Waals surface area contributed by atoms with E-state index >= 15 is 0 Å². The van der Waals surface area contributed by atoms with Crippen LogP contribution in [0, 0.1) is 19.7 Å². The number of carbonyl (C=O) groups excluding carboxylic acids is 2. The van der Waals surface area contributed by atoms with Gasteiger partial charge in [-0.3, -0.25) is 14.3 Å². The van der Waals surface area contributed by atoms with Gasteiger partial charge in [0.2, 0.25) is 0 Å². The topological polar surface area (TPSA) is 129 Å². The van der Waals surface area contributed by atoms with Crippen LogP contribution in [0.15, 0.2) is 34.9 Å². The number of amides is 2. The van der Waals surface area contributed by atoms with Crippen molar-refractivity contribution >= 4 is 28.4 Å². The number of rotatable bonds is 6. The van der Waals surface area contributed by atoms with Crippen molar-refractivity contribution in [2.24, 2.45) is 5.73 Å². The molecule has 1 aromatic carbocycles. The molecule has 0 bridgehead atoms. The molecule has 2 amide bonds. The highest BCUT2D eigenvalue weighted by molar-refractivity contribution is 6.14. The zero-order chi connectivity index (χ0) is 23.0. The van der Waals surface area contributed by atoms with E-state index < -0.39 is 17.6 Å². The van der Waals surface area contributed by atoms with Crippen molar-refractivity contribution in [2.75, 3.05) is 5.32 Å². The molecule has 0 atom stereocenters. The van der Waals surface area contributed by atoms with Gasteiger partial charge in [-0.1, -0.05) is 12.1 Å². The largest absolute Gasteiger partial charge is 0.364 e. The number of anilines is 1. The quantitative estimate of drug-likeness (QED) is 0.478. The van der Waals surface area contributed by atoms with Crippen LogP contribution in [0.2, 0.25) is 0 Å². The fourth-order valence-electron chi connectivity index (χ4n) is 3.47. The molecule has 0 aliphatic carbocycles. The molecule has 0 unspecified atom stereocenters. The average Bonchev–Trinajstić information content (AvgIpc) is 3.32. The maximum Gasteiger partial charge on any atom is 0.267 e. The van der Waals surface area contributed by atoms with E-state index in [-0.39, 0.29) is 16.8 Å². The summed E-state index contributed by atoms with van der Waals surface area (Å²) in [6.07, 6.45) is 0.763. The number of carbonyl (C=O) groups is 2. The van der Waals surface area contributed by atoms with Gasteiger partial charge in [0.25, 0.3) is 11.8 Å². The number of benzene rings is 1. The first-order valence-corrected chi connectivity index (χ1v) is 9.96. The highest BCUT2D eigenvalue weighted by Gasteiger charge is 2.20. The number of nitrogens with zero attached hydrogens (tertiary/aromatic N) is 4. The number of nitrogens with two attached hydrogens (primary N) is 1. The second kappa shape index (κ2) is 8.22. The molecular weight excluding hydrogens is 415 g/mol. The molecule has 0 radical (unpaired) electrons. The van der Waals surface area contributed by atoms with E-state index in [9.17, 15) is 14.0 Å². The number of pyridine rings is 1. The van der Waals surface area contributed by atoms with Gasteiger partial charge in [-0.25, -0.2) is 9.37 Å². The van der Waals surface area contributed by atoms with E-state index in [2.05, 4.69) is 20.6 Å². The van der Waals surface area contributed by atoms with Crippen LogP contribution in [0.4, 0.5) is 10.1 Å². The van der Waals surface area contributed by atoms with Crippen molar-refractivity contribution in [2.45, 2.75) is 33.7 Å². The van der Waals surface area contributed by atoms with Crippen molar-refractivity contribution in [3.8, 4) is 0 Å². The van der Waals surface area contributed by atoms with Gasteiger partial charge in [-0.05, 0) is 38.5 Å². The fourth-order valence-corrected chi connectivity index (χ4v) is 3.47. The van der Waals surface area contributed by atoms with E-state index in [1.54, 1.807) is 11.6 Å². The molecule has 3 aromatic heterocycles. The first kappa shape index (κ1) is 21.2. The van der Waals surface area contributed by atoms with Gasteiger partial charge in [0.15, 0.2) is 5.76 Å². The number of halogens is 1. The summed E-state index contributed by atoms with van der Waals surface area (Å²) in [4.78, 5) is 28.9. The second-order valence-corrected chi connectivity index (χ2v) is 7.38. The number of nitrogens with one attached hydrogen (secondary N) is 1. The lowest BCUT2D eigenvalue weighted by molar-refractivity contribution is 0.0996. The molecule has 4 rings (SSSR count). The van der Waals surface area contributed by atoms with Crippen LogP contribution in [0.3, 0.4) is 0 Å². The lowest BCUT2D eigenvalue weighted by Gasteiger charge is -2.10. The Hall–Kier alpha value is -4.08. The maximum absolute atomic E-state index is 13.7. The standard InChI is InChI=1S/C22H21FN6O3/c1-4-14-8-15(32-28-14)10-29-12(3)20(11(2)27-29)26-22(31)17-9-19(21(24)30)25-18-7-13(23)5-6-16(17)18/h5-9H,4,10H2,1-3H3,(H2,24,30)(H,26,31). The zero-order valence-electron chi connectivity index (χ0n) is 17.8. The van der Waals surface area contributed by atoms with Crippen molar-refractivity contribution in [1.82, 2.24) is 19.9 Å². The third kappa shape index (κ3) is 3.94. The SMILES string of the molecule is CCc1cc(Cn2nc(C)c(NC(=O)c3cc(C(N)=O)nc4cc(F)ccc34)c2C)on1. The second-order valence-electron chi connectivity index (χ2n) is 7.38. The summed E-state index contributed by atoms with van der Waals surface area (Å²) < 4.78 is 20.7. The van der Waals surface area contributed by atoms with E-state index in [4.69, 9.17) is 10.3 Å². The Labute approximate surface area is 182 Å². The minimum Gasteiger partial charge on any atom is -0.364 e. The van der Waals surface area contributed by atoms with Crippen molar-refractivity contribution in [3.05, 3.63) is 70.2 Å². The Kier molecular flexibility index (Phi) is 5.43. The average molecular weight is 436 g/mol. The van der Waals surface area contributed by atoms with Crippen LogP contribution in [0.5, 0.6) is 0 Å². The van der Waals surface area contributed by atoms with Gasteiger partial charge >= 0.3 is 0 Å². The molecule has 0 aliphatic rings. The third-order valence-electron chi connectivity index (χ3n) is 5.16. The molecule has 0 aliphatic heterocycles. The first-order chi connectivity index (χ1) is 15.3. The summed E-state index contributed by atoms with van der Waals surface area (Å²) in [6, 6.07) is 6.97. The lowest BCUT2D eigenvalue weighted by atomic mass is 10.1. The Bertz CT molecular complexity index is 1360. The Morgan fingerprint density at radius 2 is 2.00 bits per heavy atom. The molecule has 0 spiro atoms. The number of primary amides is 1. The van der Waals surface area contributed by atoms with Crippen LogP contribution in [0.1, 0.15) is 50.6 Å². The Morgan fingerprint density at radius 1 is 1.22 bits per heavy atom. The zero-order valence-corrected chi connectivity index (χ0v) is 17.8. The summed E-state index contributed by atoms with van der Waals surface area (Å²) in [6.45, 7) is 5.94. The van der Waals surface area contributed by atoms with Crippen LogP contribution in [-0.2, 0) is 13.0 Å². The van der Waals surface area contributed by atoms with Crippen LogP contribution in [-0.4, -0.2) is 31.7 Å². The molecule has 0 saturated carbocycles. The predicted molar refractivity (Wildman–Crippen MR) is 115 cm³/mol. The third-order valence-corrected chi connectivity index (χ3v) is 5.16. The highest BCUT2D eigenvalue weighted by Crippen LogP contribution is 2.25. The van der Waals surface area contributed by atoms with E-state index in [0.717, 1.165) is 18.2 Å². The minimum atomic E-state index is -0.816. The molecule has 10 heteroatoms. The lowest BCUT2D eigenvalue weighted by Crippen LogP contribution is -2.18. The number of aromatic nitrogens is 4. The summed E-state index contributed by atoms with van der Waals surface area (Å²) in [5, 5.41) is 11.7. The molecule has 4 aromatic rings. The predicted octanol–water partition coefficient (Wildman–Crippen LogP) is 3.14. The highest BCUT2D eigenvalue weighted by atomic mass is 19.1. The molecule has 0 saturated heterocycles. The number of aryl methyl sites for hydroxylation is 2. The minimum absolute atomic E-state index is 0.130.